The van der Waals surface area contributed by atoms with Gasteiger partial charge >= 0.3 is 11.9 Å². The lowest BCUT2D eigenvalue weighted by Crippen LogP contribution is -2.06. The Bertz CT molecular complexity index is 367. The van der Waals surface area contributed by atoms with Crippen molar-refractivity contribution in [3.63, 3.8) is 0 Å². The number of ketones is 1. The Morgan fingerprint density at radius 2 is 1.08 bits per heavy atom. The molecule has 154 valence electrons. The molecule has 1 atom stereocenters. The maximum Gasteiger partial charge on any atom is 0.303 e. The van der Waals surface area contributed by atoms with Crippen LogP contribution in [0.5, 0.6) is 0 Å². The minimum Gasteiger partial charge on any atom is -0.481 e. The molecule has 0 aliphatic carbocycles. The molecule has 6 heteroatoms. The Morgan fingerprint density at radius 3 is 1.58 bits per heavy atom. The van der Waals surface area contributed by atoms with Crippen LogP contribution in [-0.2, 0) is 14.4 Å². The van der Waals surface area contributed by atoms with E-state index in [0.29, 0.717) is 25.7 Å². The molecule has 26 heavy (non-hydrogen) atoms. The zero-order chi connectivity index (χ0) is 20.2. The minimum absolute atomic E-state index is 0.182. The highest BCUT2D eigenvalue weighted by molar-refractivity contribution is 5.78. The molecule has 0 aromatic rings. The predicted molar refractivity (Wildman–Crippen MR) is 102 cm³/mol. The van der Waals surface area contributed by atoms with Crippen molar-refractivity contribution in [2.45, 2.75) is 110 Å². The van der Waals surface area contributed by atoms with Crippen LogP contribution in [0.1, 0.15) is 104 Å². The largest absolute Gasteiger partial charge is 0.481 e. The third-order valence-electron chi connectivity index (χ3n) is 3.97. The number of unbranched alkanes of at least 4 members (excludes halogenated alkanes) is 4. The van der Waals surface area contributed by atoms with Crippen molar-refractivity contribution in [1.82, 2.24) is 0 Å². The van der Waals surface area contributed by atoms with Crippen LogP contribution in [0.15, 0.2) is 0 Å². The average molecular weight is 375 g/mol. The van der Waals surface area contributed by atoms with Gasteiger partial charge in [0, 0.05) is 25.7 Å². The number of aliphatic carboxylic acids is 2. The van der Waals surface area contributed by atoms with Gasteiger partial charge < -0.3 is 15.3 Å². The van der Waals surface area contributed by atoms with Gasteiger partial charge in [-0.2, -0.15) is 0 Å². The molecule has 6 nitrogen and oxygen atoms in total. The van der Waals surface area contributed by atoms with Crippen LogP contribution in [-0.4, -0.2) is 39.1 Å². The van der Waals surface area contributed by atoms with E-state index in [4.69, 9.17) is 10.2 Å². The summed E-state index contributed by atoms with van der Waals surface area (Å²) in [6.07, 6.45) is 9.96. The lowest BCUT2D eigenvalue weighted by atomic mass is 10.1. The monoisotopic (exact) mass is 374 g/mol. The van der Waals surface area contributed by atoms with Crippen molar-refractivity contribution in [2.24, 2.45) is 0 Å². The molecule has 1 unspecified atom stereocenters. The summed E-state index contributed by atoms with van der Waals surface area (Å²) < 4.78 is 0. The van der Waals surface area contributed by atoms with E-state index >= 15 is 0 Å². The van der Waals surface area contributed by atoms with Gasteiger partial charge in [0.15, 0.2) is 0 Å². The molecule has 0 spiro atoms. The zero-order valence-electron chi connectivity index (χ0n) is 16.5. The highest BCUT2D eigenvalue weighted by atomic mass is 16.4. The molecule has 3 N–H and O–H groups in total. The van der Waals surface area contributed by atoms with Gasteiger partial charge in [0.1, 0.15) is 5.78 Å². The summed E-state index contributed by atoms with van der Waals surface area (Å²) >= 11 is 0. The first-order valence-electron chi connectivity index (χ1n) is 9.96. The fourth-order valence-corrected chi connectivity index (χ4v) is 2.34. The number of carbonyl (C=O) groups excluding carboxylic acids is 1. The van der Waals surface area contributed by atoms with Gasteiger partial charge in [-0.25, -0.2) is 0 Å². The Morgan fingerprint density at radius 1 is 0.654 bits per heavy atom. The standard InChI is InChI=1S/C10H20O3.C10H18O3/c2*1-2-3-6-9(11)7-4-5-8-10(12)13/h9,11H,2-8H2,1H3,(H,12,13);2-8H2,1H3,(H,12,13). The Kier molecular flexibility index (Phi) is 20.5. The molecule has 0 aromatic heterocycles. The van der Waals surface area contributed by atoms with E-state index in [2.05, 4.69) is 13.8 Å². The van der Waals surface area contributed by atoms with E-state index in [1.165, 1.54) is 0 Å². The molecule has 0 aliphatic heterocycles. The SMILES string of the molecule is CCCCC(=O)CCCCC(=O)O.CCCCC(O)CCCCC(=O)O. The summed E-state index contributed by atoms with van der Waals surface area (Å²) in [5.41, 5.74) is 0. The first-order chi connectivity index (χ1) is 12.3. The molecule has 0 aliphatic rings. The van der Waals surface area contributed by atoms with Gasteiger partial charge in [0.25, 0.3) is 0 Å². The highest BCUT2D eigenvalue weighted by Gasteiger charge is 2.04. The van der Waals surface area contributed by atoms with E-state index in [1.807, 2.05) is 0 Å². The van der Waals surface area contributed by atoms with Crippen LogP contribution in [0.2, 0.25) is 0 Å². The molecule has 0 amide bonds. The summed E-state index contributed by atoms with van der Waals surface area (Å²) in [7, 11) is 0. The summed E-state index contributed by atoms with van der Waals surface area (Å²) in [6.45, 7) is 4.15. The van der Waals surface area contributed by atoms with Crippen LogP contribution in [0.3, 0.4) is 0 Å². The number of aliphatic hydroxyl groups excluding tert-OH is 1. The summed E-state index contributed by atoms with van der Waals surface area (Å²) in [5, 5.41) is 26.1. The zero-order valence-corrected chi connectivity index (χ0v) is 16.5. The Labute approximate surface area is 158 Å². The fourth-order valence-electron chi connectivity index (χ4n) is 2.34. The van der Waals surface area contributed by atoms with Gasteiger partial charge in [0.2, 0.25) is 0 Å². The van der Waals surface area contributed by atoms with Crippen LogP contribution in [0.25, 0.3) is 0 Å². The van der Waals surface area contributed by atoms with Crippen LogP contribution in [0.4, 0.5) is 0 Å². The average Bonchev–Trinajstić information content (AvgIpc) is 2.59. The van der Waals surface area contributed by atoms with Crippen molar-refractivity contribution in [1.29, 1.82) is 0 Å². The quantitative estimate of drug-likeness (QED) is 0.341. The second-order valence-corrected chi connectivity index (χ2v) is 6.68. The normalized spacial score (nSPS) is 11.3. The van der Waals surface area contributed by atoms with Crippen molar-refractivity contribution in [3.05, 3.63) is 0 Å². The minimum atomic E-state index is -0.777. The van der Waals surface area contributed by atoms with Gasteiger partial charge in [-0.05, 0) is 38.5 Å². The lowest BCUT2D eigenvalue weighted by molar-refractivity contribution is -0.138. The summed E-state index contributed by atoms with van der Waals surface area (Å²) in [6, 6.07) is 0. The van der Waals surface area contributed by atoms with Crippen molar-refractivity contribution in [2.75, 3.05) is 0 Å². The van der Waals surface area contributed by atoms with Gasteiger partial charge in [-0.3, -0.25) is 14.4 Å². The smallest absolute Gasteiger partial charge is 0.303 e. The third kappa shape index (κ3) is 24.8. The molecule has 0 saturated carbocycles. The second-order valence-electron chi connectivity index (χ2n) is 6.68. The molecule has 0 fully saturated rings. The number of carboxylic acids is 2. The Hall–Kier alpha value is -1.43. The van der Waals surface area contributed by atoms with E-state index in [9.17, 15) is 19.5 Å². The molecule has 0 heterocycles. The van der Waals surface area contributed by atoms with E-state index < -0.39 is 11.9 Å². The Balaban J connectivity index is 0. The first-order valence-corrected chi connectivity index (χ1v) is 9.96. The summed E-state index contributed by atoms with van der Waals surface area (Å²) in [5.74, 6) is -1.25. The number of hydrogen-bond acceptors (Lipinski definition) is 4. The van der Waals surface area contributed by atoms with Gasteiger partial charge in [0.05, 0.1) is 6.10 Å². The number of hydrogen-bond donors (Lipinski definition) is 3. The van der Waals surface area contributed by atoms with Crippen LogP contribution >= 0.6 is 0 Å². The van der Waals surface area contributed by atoms with E-state index in [1.54, 1.807) is 0 Å². The van der Waals surface area contributed by atoms with Crippen molar-refractivity contribution in [3.8, 4) is 0 Å². The second kappa shape index (κ2) is 19.9. The maximum atomic E-state index is 11.1. The number of carbonyl (C=O) groups is 3. The van der Waals surface area contributed by atoms with Crippen LogP contribution in [0, 0.1) is 0 Å². The first kappa shape index (κ1) is 26.8. The number of carboxylic acid groups (broad SMARTS) is 2. The molecular formula is C20H38O6. The highest BCUT2D eigenvalue weighted by Crippen LogP contribution is 2.09. The van der Waals surface area contributed by atoms with Crippen molar-refractivity contribution >= 4 is 17.7 Å². The lowest BCUT2D eigenvalue weighted by Gasteiger charge is -2.08. The van der Waals surface area contributed by atoms with Crippen molar-refractivity contribution < 1.29 is 29.7 Å². The molecule has 0 rings (SSSR count). The third-order valence-corrected chi connectivity index (χ3v) is 3.97. The molecule has 0 aromatic carbocycles. The van der Waals surface area contributed by atoms with E-state index in [-0.39, 0.29) is 24.7 Å². The summed E-state index contributed by atoms with van der Waals surface area (Å²) in [4.78, 5) is 31.4. The fraction of sp³-hybridized carbons (Fsp3) is 0.850. The molecule has 0 radical (unpaired) electrons. The van der Waals surface area contributed by atoms with Gasteiger partial charge in [-0.15, -0.1) is 0 Å². The molecular weight excluding hydrogens is 336 g/mol. The molecule has 0 bridgehead atoms. The maximum absolute atomic E-state index is 11.1. The predicted octanol–water partition coefficient (Wildman–Crippen LogP) is 4.57. The topological polar surface area (TPSA) is 112 Å². The number of rotatable bonds is 16. The van der Waals surface area contributed by atoms with E-state index in [0.717, 1.165) is 51.4 Å². The van der Waals surface area contributed by atoms with Gasteiger partial charge in [-0.1, -0.05) is 39.5 Å². The number of aliphatic hydroxyl groups is 1. The van der Waals surface area contributed by atoms with Crippen LogP contribution < -0.4 is 0 Å². The molecule has 0 saturated heterocycles. The number of Topliss-reactive ketones (excluding diaryl/α,β-unsaturated/α-hetero) is 1.